The van der Waals surface area contributed by atoms with Crippen LogP contribution in [-0.4, -0.2) is 77.2 Å². The fraction of sp³-hybridized carbons (Fsp3) is 0.394. The summed E-state index contributed by atoms with van der Waals surface area (Å²) in [5.74, 6) is -3.92. The summed E-state index contributed by atoms with van der Waals surface area (Å²) >= 11 is 6.62. The Morgan fingerprint density at radius 2 is 1.80 bits per heavy atom. The summed E-state index contributed by atoms with van der Waals surface area (Å²) in [5, 5.41) is 13.8. The number of hydrogen-bond acceptors (Lipinski definition) is 7. The molecule has 1 spiro atoms. The number of aliphatic hydroxyl groups excluding tert-OH is 1. The first-order chi connectivity index (χ1) is 21.3. The molecule has 0 aliphatic carbocycles. The number of fused-ring (bicyclic) bond motifs is 2. The number of cyclic esters (lactones) is 1. The molecule has 2 N–H and O–H groups in total. The number of hydrogen-bond donors (Lipinski definition) is 2. The highest BCUT2D eigenvalue weighted by molar-refractivity contribution is 6.34. The largest absolute Gasteiger partial charge is 0.460 e. The second-order valence-electron chi connectivity index (χ2n) is 11.5. The van der Waals surface area contributed by atoms with E-state index in [0.29, 0.717) is 22.7 Å². The maximum absolute atomic E-state index is 14.9. The summed E-state index contributed by atoms with van der Waals surface area (Å²) in [7, 11) is 0. The second kappa shape index (κ2) is 12.2. The molecule has 2 aromatic carbocycles. The Bertz CT molecular complexity index is 1510. The number of likely N-dealkylation sites (tertiary alicyclic amines) is 1. The average molecular weight is 620 g/mol. The van der Waals surface area contributed by atoms with Gasteiger partial charge in [0.1, 0.15) is 23.7 Å². The van der Waals surface area contributed by atoms with Gasteiger partial charge < -0.3 is 29.7 Å². The Labute approximate surface area is 260 Å². The summed E-state index contributed by atoms with van der Waals surface area (Å²) in [6, 6.07) is 13.7. The first-order valence-electron chi connectivity index (χ1n) is 14.8. The molecule has 4 aliphatic rings. The van der Waals surface area contributed by atoms with E-state index in [1.165, 1.54) is 9.80 Å². The first kappa shape index (κ1) is 30.1. The smallest absolute Gasteiger partial charge is 0.313 e. The highest BCUT2D eigenvalue weighted by Crippen LogP contribution is 2.57. The molecule has 0 aromatic heterocycles. The Kier molecular flexibility index (Phi) is 8.32. The Morgan fingerprint density at radius 3 is 2.55 bits per heavy atom. The van der Waals surface area contributed by atoms with Crippen LogP contribution in [0.2, 0.25) is 5.02 Å². The molecular weight excluding hydrogens is 586 g/mol. The number of esters is 1. The van der Waals surface area contributed by atoms with Gasteiger partial charge in [-0.05, 0) is 31.0 Å². The van der Waals surface area contributed by atoms with E-state index < -0.39 is 66.1 Å². The van der Waals surface area contributed by atoms with Crippen molar-refractivity contribution in [3.05, 3.63) is 89.5 Å². The lowest BCUT2D eigenvalue weighted by atomic mass is 9.74. The van der Waals surface area contributed by atoms with E-state index in [-0.39, 0.29) is 25.4 Å². The lowest BCUT2D eigenvalue weighted by molar-refractivity contribution is -0.159. The monoisotopic (exact) mass is 619 g/mol. The van der Waals surface area contributed by atoms with E-state index in [2.05, 4.69) is 5.32 Å². The zero-order chi connectivity index (χ0) is 31.0. The van der Waals surface area contributed by atoms with Crippen molar-refractivity contribution in [2.45, 2.75) is 49.7 Å². The van der Waals surface area contributed by atoms with Gasteiger partial charge in [0.05, 0.1) is 41.9 Å². The number of nitrogens with zero attached hydrogens (tertiary/aromatic N) is 2. The lowest BCUT2D eigenvalue weighted by Crippen LogP contribution is -2.57. The van der Waals surface area contributed by atoms with Gasteiger partial charge in [-0.2, -0.15) is 0 Å². The Hall–Kier alpha value is -3.99. The van der Waals surface area contributed by atoms with Gasteiger partial charge in [0, 0.05) is 13.0 Å². The number of amides is 3. The average Bonchev–Trinajstić information content (AvgIpc) is 3.66. The topological polar surface area (TPSA) is 125 Å². The summed E-state index contributed by atoms with van der Waals surface area (Å²) in [5.41, 5.74) is -0.432. The van der Waals surface area contributed by atoms with Gasteiger partial charge in [0.2, 0.25) is 11.8 Å². The standard InChI is InChI=1S/C33H34ClN3O7/c1-20-18-35-26(39)14-6-3-9-17-36(23-13-8-7-12-22(23)34)31(41)29-33-16-15-25(44-33)27(32(42)43-20)28(33)30(40)37(29)24(19-38)21-10-4-2-5-11-21/h2-5,7-13,15-16,20,24-25,27-29,38H,6,14,17-19H2,1H3,(H,35,39)/b9-3-/t20-,24+,25+,27-,28-,29+,33-/m0/s1. The SMILES string of the molecule is C[C@H]1CNC(=O)CC/C=C\CN(c2ccccc2Cl)C(=O)[C@H]2N([C@H](CO)c3ccccc3)C(=O)[C@@H]3[C@@H](C(=O)O1)[C@H]1C=C[C@]32O1. The van der Waals surface area contributed by atoms with Crippen molar-refractivity contribution in [2.24, 2.45) is 11.8 Å². The van der Waals surface area contributed by atoms with Crippen LogP contribution in [0.4, 0.5) is 5.69 Å². The minimum absolute atomic E-state index is 0.0915. The summed E-state index contributed by atoms with van der Waals surface area (Å²) in [4.78, 5) is 58.4. The van der Waals surface area contributed by atoms with Crippen molar-refractivity contribution in [1.29, 1.82) is 0 Å². The molecule has 5 bridgehead atoms. The molecule has 4 heterocycles. The van der Waals surface area contributed by atoms with Gasteiger partial charge >= 0.3 is 5.97 Å². The fourth-order valence-electron chi connectivity index (χ4n) is 6.82. The molecule has 0 saturated carbocycles. The second-order valence-corrected chi connectivity index (χ2v) is 11.9. The van der Waals surface area contributed by atoms with Crippen LogP contribution in [0.3, 0.4) is 0 Å². The van der Waals surface area contributed by atoms with Crippen LogP contribution in [0.5, 0.6) is 0 Å². The van der Waals surface area contributed by atoms with Crippen molar-refractivity contribution in [1.82, 2.24) is 10.2 Å². The van der Waals surface area contributed by atoms with Crippen molar-refractivity contribution < 1.29 is 33.8 Å². The van der Waals surface area contributed by atoms with Gasteiger partial charge in [-0.3, -0.25) is 19.2 Å². The third kappa shape index (κ3) is 5.10. The zero-order valence-electron chi connectivity index (χ0n) is 24.2. The molecule has 3 amide bonds. The molecule has 7 atom stereocenters. The third-order valence-corrected chi connectivity index (χ3v) is 9.14. The number of allylic oxidation sites excluding steroid dienone is 1. The van der Waals surface area contributed by atoms with Crippen LogP contribution in [-0.2, 0) is 28.7 Å². The van der Waals surface area contributed by atoms with Crippen LogP contribution in [0.15, 0.2) is 78.9 Å². The molecule has 2 aromatic rings. The number of benzene rings is 2. The van der Waals surface area contributed by atoms with Gasteiger partial charge in [-0.1, -0.05) is 78.4 Å². The molecule has 4 aliphatic heterocycles. The fourth-order valence-corrected chi connectivity index (χ4v) is 7.06. The molecule has 44 heavy (non-hydrogen) atoms. The van der Waals surface area contributed by atoms with Gasteiger partial charge in [0.25, 0.3) is 5.91 Å². The first-order valence-corrected chi connectivity index (χ1v) is 15.2. The van der Waals surface area contributed by atoms with Gasteiger partial charge in [0.15, 0.2) is 0 Å². The minimum atomic E-state index is -1.49. The van der Waals surface area contributed by atoms with Crippen LogP contribution in [0.1, 0.15) is 31.4 Å². The van der Waals surface area contributed by atoms with E-state index in [1.807, 2.05) is 12.1 Å². The molecule has 2 fully saturated rings. The maximum atomic E-state index is 14.9. The van der Waals surface area contributed by atoms with Gasteiger partial charge in [-0.15, -0.1) is 0 Å². The number of carbonyl (C=O) groups excluding carboxylic acids is 4. The number of para-hydroxylation sites is 1. The number of aliphatic hydroxyl groups is 1. The number of rotatable bonds is 4. The molecule has 10 nitrogen and oxygen atoms in total. The molecule has 230 valence electrons. The van der Waals surface area contributed by atoms with E-state index in [4.69, 9.17) is 21.1 Å². The summed E-state index contributed by atoms with van der Waals surface area (Å²) < 4.78 is 12.2. The van der Waals surface area contributed by atoms with E-state index in [1.54, 1.807) is 73.7 Å². The van der Waals surface area contributed by atoms with Crippen LogP contribution < -0.4 is 10.2 Å². The number of anilines is 1. The lowest BCUT2D eigenvalue weighted by Gasteiger charge is -2.39. The third-order valence-electron chi connectivity index (χ3n) is 8.82. The molecule has 0 radical (unpaired) electrons. The quantitative estimate of drug-likeness (QED) is 0.398. The zero-order valence-corrected chi connectivity index (χ0v) is 24.9. The van der Waals surface area contributed by atoms with Crippen molar-refractivity contribution >= 4 is 41.0 Å². The minimum Gasteiger partial charge on any atom is -0.460 e. The summed E-state index contributed by atoms with van der Waals surface area (Å²) in [6.45, 7) is 1.40. The number of ether oxygens (including phenoxy) is 2. The highest BCUT2D eigenvalue weighted by atomic mass is 35.5. The molecule has 2 saturated heterocycles. The molecule has 11 heteroatoms. The van der Waals surface area contributed by atoms with Crippen molar-refractivity contribution in [2.75, 3.05) is 24.6 Å². The molecule has 0 unspecified atom stereocenters. The van der Waals surface area contributed by atoms with Crippen LogP contribution in [0, 0.1) is 11.8 Å². The summed E-state index contributed by atoms with van der Waals surface area (Å²) in [6.07, 6.45) is 6.20. The Balaban J connectivity index is 1.50. The van der Waals surface area contributed by atoms with Crippen molar-refractivity contribution in [3.63, 3.8) is 0 Å². The normalized spacial score (nSPS) is 31.9. The van der Waals surface area contributed by atoms with Crippen LogP contribution in [0.25, 0.3) is 0 Å². The number of carbonyl (C=O) groups is 4. The van der Waals surface area contributed by atoms with Gasteiger partial charge in [-0.25, -0.2) is 0 Å². The number of halogens is 1. The predicted molar refractivity (Wildman–Crippen MR) is 161 cm³/mol. The maximum Gasteiger partial charge on any atom is 0.313 e. The number of nitrogens with one attached hydrogen (secondary N) is 1. The van der Waals surface area contributed by atoms with Crippen molar-refractivity contribution in [3.8, 4) is 0 Å². The molecular formula is C33H34ClN3O7. The van der Waals surface area contributed by atoms with E-state index in [0.717, 1.165) is 0 Å². The highest BCUT2D eigenvalue weighted by Gasteiger charge is 2.74. The predicted octanol–water partition coefficient (Wildman–Crippen LogP) is 2.96. The van der Waals surface area contributed by atoms with E-state index >= 15 is 0 Å². The molecule has 6 rings (SSSR count). The van der Waals surface area contributed by atoms with E-state index in [9.17, 15) is 24.3 Å². The Morgan fingerprint density at radius 1 is 1.05 bits per heavy atom. The van der Waals surface area contributed by atoms with Crippen LogP contribution >= 0.6 is 11.6 Å².